The van der Waals surface area contributed by atoms with E-state index >= 15 is 0 Å². The number of fused-ring (bicyclic) bond motifs is 1. The second kappa shape index (κ2) is 6.21. The lowest BCUT2D eigenvalue weighted by molar-refractivity contribution is 0.172. The van der Waals surface area contributed by atoms with Gasteiger partial charge < -0.3 is 5.11 Å². The third-order valence-corrected chi connectivity index (χ3v) is 6.11. The van der Waals surface area contributed by atoms with Crippen LogP contribution in [0.25, 0.3) is 0 Å². The van der Waals surface area contributed by atoms with Gasteiger partial charge in [0.25, 0.3) is 0 Å². The molecule has 3 heteroatoms. The lowest BCUT2D eigenvalue weighted by Gasteiger charge is -2.07. The Morgan fingerprint density at radius 2 is 2.11 bits per heavy atom. The van der Waals surface area contributed by atoms with Crippen LogP contribution in [0.2, 0.25) is 0 Å². The maximum Gasteiger partial charge on any atom is 0.0885 e. The lowest BCUT2D eigenvalue weighted by atomic mass is 10.1. The van der Waals surface area contributed by atoms with Crippen molar-refractivity contribution in [2.24, 2.45) is 0 Å². The third-order valence-electron chi connectivity index (χ3n) is 3.84. The minimum atomic E-state index is -0.279. The number of aliphatic hydroxyl groups is 1. The van der Waals surface area contributed by atoms with Crippen LogP contribution >= 0.6 is 22.7 Å². The Kier molecular flexibility index (Phi) is 4.36. The average molecular weight is 292 g/mol. The van der Waals surface area contributed by atoms with Gasteiger partial charge >= 0.3 is 0 Å². The third kappa shape index (κ3) is 3.28. The lowest BCUT2D eigenvalue weighted by Crippen LogP contribution is -1.96. The van der Waals surface area contributed by atoms with E-state index in [1.54, 1.807) is 11.3 Å². The summed E-state index contributed by atoms with van der Waals surface area (Å²) in [6, 6.07) is 6.51. The minimum absolute atomic E-state index is 0.279. The molecule has 19 heavy (non-hydrogen) atoms. The number of hydrogen-bond donors (Lipinski definition) is 1. The zero-order valence-electron chi connectivity index (χ0n) is 11.1. The Hall–Kier alpha value is -0.640. The van der Waals surface area contributed by atoms with Gasteiger partial charge in [0.05, 0.1) is 6.10 Å². The van der Waals surface area contributed by atoms with Crippen molar-refractivity contribution in [2.75, 3.05) is 0 Å². The highest BCUT2D eigenvalue weighted by Gasteiger charge is 2.16. The summed E-state index contributed by atoms with van der Waals surface area (Å²) < 4.78 is 0. The van der Waals surface area contributed by atoms with Gasteiger partial charge in [0.2, 0.25) is 0 Å². The molecule has 1 nitrogen and oxygen atoms in total. The molecule has 0 aromatic carbocycles. The first-order chi connectivity index (χ1) is 9.33. The largest absolute Gasteiger partial charge is 0.388 e. The molecule has 0 fully saturated rings. The Balaban J connectivity index is 1.64. The van der Waals surface area contributed by atoms with Gasteiger partial charge in [0, 0.05) is 14.6 Å². The highest BCUT2D eigenvalue weighted by molar-refractivity contribution is 7.12. The van der Waals surface area contributed by atoms with Crippen molar-refractivity contribution < 1.29 is 5.11 Å². The molecule has 1 atom stereocenters. The molecule has 102 valence electrons. The normalized spacial score (nSPS) is 16.9. The molecular weight excluding hydrogens is 272 g/mol. The molecule has 0 saturated carbocycles. The fourth-order valence-corrected chi connectivity index (χ4v) is 4.73. The molecule has 2 heterocycles. The molecule has 1 aliphatic carbocycles. The predicted octanol–water partition coefficient (Wildman–Crippen LogP) is 4.74. The van der Waals surface area contributed by atoms with E-state index in [0.717, 1.165) is 12.8 Å². The Morgan fingerprint density at radius 3 is 2.95 bits per heavy atom. The number of aryl methyl sites for hydroxylation is 3. The van der Waals surface area contributed by atoms with Crippen LogP contribution in [0, 0.1) is 0 Å². The van der Waals surface area contributed by atoms with Crippen LogP contribution in [0.15, 0.2) is 23.6 Å². The van der Waals surface area contributed by atoms with Gasteiger partial charge in [-0.25, -0.2) is 0 Å². The predicted molar refractivity (Wildman–Crippen MR) is 83.2 cm³/mol. The van der Waals surface area contributed by atoms with Gasteiger partial charge in [-0.05, 0) is 61.6 Å². The van der Waals surface area contributed by atoms with Crippen molar-refractivity contribution in [1.29, 1.82) is 0 Å². The summed E-state index contributed by atoms with van der Waals surface area (Å²) in [7, 11) is 0. The van der Waals surface area contributed by atoms with Crippen LogP contribution in [0.4, 0.5) is 0 Å². The van der Waals surface area contributed by atoms with Crippen molar-refractivity contribution >= 4 is 22.7 Å². The van der Waals surface area contributed by atoms with Crippen molar-refractivity contribution in [3.8, 4) is 0 Å². The molecule has 0 spiro atoms. The molecule has 2 aromatic heterocycles. The van der Waals surface area contributed by atoms with E-state index in [-0.39, 0.29) is 6.10 Å². The summed E-state index contributed by atoms with van der Waals surface area (Å²) >= 11 is 3.63. The maximum atomic E-state index is 10.4. The van der Waals surface area contributed by atoms with Gasteiger partial charge in [0.1, 0.15) is 0 Å². The van der Waals surface area contributed by atoms with Gasteiger partial charge in [-0.1, -0.05) is 12.5 Å². The molecule has 0 saturated heterocycles. The molecule has 0 bridgehead atoms. The molecule has 1 aliphatic rings. The first-order valence-electron chi connectivity index (χ1n) is 7.15. The van der Waals surface area contributed by atoms with Crippen LogP contribution < -0.4 is 0 Å². The van der Waals surface area contributed by atoms with Gasteiger partial charge in [0.15, 0.2) is 0 Å². The first-order valence-corrected chi connectivity index (χ1v) is 8.84. The molecule has 2 aromatic rings. The minimum Gasteiger partial charge on any atom is -0.388 e. The monoisotopic (exact) mass is 292 g/mol. The summed E-state index contributed by atoms with van der Waals surface area (Å²) in [5.74, 6) is 0. The summed E-state index contributed by atoms with van der Waals surface area (Å²) in [5.41, 5.74) is 1.51. The van der Waals surface area contributed by atoms with E-state index in [1.807, 2.05) is 11.3 Å². The molecule has 1 unspecified atom stereocenters. The quantitative estimate of drug-likeness (QED) is 0.807. The highest BCUT2D eigenvalue weighted by atomic mass is 32.1. The number of hydrogen-bond acceptors (Lipinski definition) is 3. The Labute approximate surface area is 122 Å². The van der Waals surface area contributed by atoms with Crippen molar-refractivity contribution in [3.05, 3.63) is 43.8 Å². The van der Waals surface area contributed by atoms with Crippen LogP contribution in [0.1, 0.15) is 52.0 Å². The molecule has 1 N–H and O–H groups in total. The fraction of sp³-hybridized carbons (Fsp3) is 0.500. The topological polar surface area (TPSA) is 20.2 Å². The Morgan fingerprint density at radius 1 is 1.21 bits per heavy atom. The maximum absolute atomic E-state index is 10.4. The zero-order valence-corrected chi connectivity index (χ0v) is 12.7. The summed E-state index contributed by atoms with van der Waals surface area (Å²) in [6.45, 7) is 0. The second-order valence-electron chi connectivity index (χ2n) is 5.29. The molecule has 0 aliphatic heterocycles. The van der Waals surface area contributed by atoms with Gasteiger partial charge in [-0.2, -0.15) is 0 Å². The number of aliphatic hydroxyl groups excluding tert-OH is 1. The van der Waals surface area contributed by atoms with Crippen LogP contribution in [0.5, 0.6) is 0 Å². The molecule has 0 amide bonds. The van der Waals surface area contributed by atoms with Gasteiger partial charge in [-0.15, -0.1) is 22.7 Å². The van der Waals surface area contributed by atoms with E-state index in [1.165, 1.54) is 52.3 Å². The molecule has 3 rings (SSSR count). The van der Waals surface area contributed by atoms with Crippen LogP contribution in [-0.2, 0) is 19.3 Å². The fourth-order valence-electron chi connectivity index (χ4n) is 2.73. The van der Waals surface area contributed by atoms with Crippen molar-refractivity contribution in [2.45, 2.75) is 51.0 Å². The standard InChI is InChI=1S/C16H20OS2/c17-14(9-8-13-6-4-10-18-13)16-11-12-5-2-1-3-7-15(12)19-16/h4,6,10-11,14,17H,1-3,5,7-9H2. The first kappa shape index (κ1) is 13.3. The van der Waals surface area contributed by atoms with Crippen LogP contribution in [0.3, 0.4) is 0 Å². The van der Waals surface area contributed by atoms with E-state index in [0.29, 0.717) is 0 Å². The van der Waals surface area contributed by atoms with E-state index in [9.17, 15) is 5.11 Å². The number of thiophene rings is 2. The highest BCUT2D eigenvalue weighted by Crippen LogP contribution is 2.33. The average Bonchev–Trinajstić information content (AvgIpc) is 3.02. The summed E-state index contributed by atoms with van der Waals surface area (Å²) in [5, 5.41) is 12.5. The van der Waals surface area contributed by atoms with E-state index < -0.39 is 0 Å². The van der Waals surface area contributed by atoms with E-state index in [2.05, 4.69) is 23.6 Å². The van der Waals surface area contributed by atoms with Gasteiger partial charge in [-0.3, -0.25) is 0 Å². The number of rotatable bonds is 4. The van der Waals surface area contributed by atoms with E-state index in [4.69, 9.17) is 0 Å². The van der Waals surface area contributed by atoms with Crippen LogP contribution in [-0.4, -0.2) is 5.11 Å². The zero-order chi connectivity index (χ0) is 13.1. The summed E-state index contributed by atoms with van der Waals surface area (Å²) in [4.78, 5) is 4.09. The Bertz CT molecular complexity index is 489. The molecular formula is C16H20OS2. The smallest absolute Gasteiger partial charge is 0.0885 e. The SMILES string of the molecule is OC(CCc1cccs1)c1cc2c(s1)CCCCC2. The van der Waals surface area contributed by atoms with Crippen molar-refractivity contribution in [1.82, 2.24) is 0 Å². The van der Waals surface area contributed by atoms with Crippen molar-refractivity contribution in [3.63, 3.8) is 0 Å². The second-order valence-corrected chi connectivity index (χ2v) is 7.49. The molecule has 0 radical (unpaired) electrons. The summed E-state index contributed by atoms with van der Waals surface area (Å²) in [6.07, 6.45) is 7.98.